The van der Waals surface area contributed by atoms with Crippen LogP contribution in [0.3, 0.4) is 0 Å². The molecule has 9 nitrogen and oxygen atoms in total. The molecule has 3 rings (SSSR count). The molecule has 0 fully saturated rings. The van der Waals surface area contributed by atoms with Crippen LogP contribution in [0.5, 0.6) is 17.4 Å². The lowest BCUT2D eigenvalue weighted by Gasteiger charge is -2.08. The number of ether oxygens (including phenoxy) is 3. The molecule has 0 saturated carbocycles. The zero-order chi connectivity index (χ0) is 20.6. The summed E-state index contributed by atoms with van der Waals surface area (Å²) in [7, 11) is 3.09. The summed E-state index contributed by atoms with van der Waals surface area (Å²) in [6, 6.07) is 4.98. The Morgan fingerprint density at radius 3 is 2.72 bits per heavy atom. The lowest BCUT2D eigenvalue weighted by molar-refractivity contribution is 0.247. The molecule has 2 amide bonds. The number of aromatic nitrogens is 3. The molecular weight excluding hydrogens is 394 g/mol. The molecule has 2 N–H and O–H groups in total. The van der Waals surface area contributed by atoms with Crippen LogP contribution in [0.1, 0.15) is 5.69 Å². The first kappa shape index (κ1) is 20.3. The number of carbonyl (C=O) groups is 1. The number of anilines is 1. The molecule has 0 saturated heterocycles. The minimum Gasteiger partial charge on any atom is -0.492 e. The van der Waals surface area contributed by atoms with Gasteiger partial charge in [0, 0.05) is 24.2 Å². The highest BCUT2D eigenvalue weighted by Crippen LogP contribution is 2.36. The van der Waals surface area contributed by atoms with Crippen molar-refractivity contribution in [2.45, 2.75) is 6.92 Å². The maximum absolute atomic E-state index is 12.1. The van der Waals surface area contributed by atoms with Gasteiger partial charge in [0.05, 0.1) is 31.3 Å². The highest BCUT2D eigenvalue weighted by Gasteiger charge is 2.15. The summed E-state index contributed by atoms with van der Waals surface area (Å²) >= 11 is 1.35. The molecule has 0 unspecified atom stereocenters. The molecule has 10 heteroatoms. The van der Waals surface area contributed by atoms with Gasteiger partial charge >= 0.3 is 6.03 Å². The van der Waals surface area contributed by atoms with Crippen LogP contribution >= 0.6 is 11.3 Å². The third kappa shape index (κ3) is 5.32. The van der Waals surface area contributed by atoms with Gasteiger partial charge in [0.25, 0.3) is 5.88 Å². The summed E-state index contributed by atoms with van der Waals surface area (Å²) in [5.41, 5.74) is 1.61. The van der Waals surface area contributed by atoms with Crippen LogP contribution in [0.2, 0.25) is 0 Å². The van der Waals surface area contributed by atoms with Crippen LogP contribution in [0.4, 0.5) is 9.93 Å². The summed E-state index contributed by atoms with van der Waals surface area (Å²) < 4.78 is 16.0. The van der Waals surface area contributed by atoms with E-state index in [1.54, 1.807) is 37.8 Å². The van der Waals surface area contributed by atoms with Crippen LogP contribution in [0.15, 0.2) is 36.8 Å². The van der Waals surface area contributed by atoms with Crippen molar-refractivity contribution in [2.75, 3.05) is 32.7 Å². The molecular formula is C19H21N5O4S. The first-order chi connectivity index (χ1) is 14.1. The zero-order valence-corrected chi connectivity index (χ0v) is 17.1. The Balaban J connectivity index is 1.56. The topological polar surface area (TPSA) is 107 Å². The normalized spacial score (nSPS) is 10.3. The van der Waals surface area contributed by atoms with Crippen molar-refractivity contribution in [3.8, 4) is 27.8 Å². The van der Waals surface area contributed by atoms with Gasteiger partial charge in [0.1, 0.15) is 12.4 Å². The number of urea groups is 1. The molecule has 0 aliphatic rings. The van der Waals surface area contributed by atoms with Gasteiger partial charge in [-0.3, -0.25) is 10.3 Å². The van der Waals surface area contributed by atoms with E-state index >= 15 is 0 Å². The number of aryl methyl sites for hydroxylation is 1. The Hall–Kier alpha value is -3.40. The number of nitrogens with one attached hydrogen (secondary N) is 2. The van der Waals surface area contributed by atoms with Gasteiger partial charge in [-0.25, -0.2) is 14.8 Å². The Labute approximate surface area is 172 Å². The van der Waals surface area contributed by atoms with Crippen LogP contribution in [-0.2, 0) is 0 Å². The second kappa shape index (κ2) is 9.69. The van der Waals surface area contributed by atoms with Gasteiger partial charge < -0.3 is 19.5 Å². The summed E-state index contributed by atoms with van der Waals surface area (Å²) in [6.07, 6.45) is 4.97. The Morgan fingerprint density at radius 2 is 2.00 bits per heavy atom. The third-order valence-corrected chi connectivity index (χ3v) is 4.94. The van der Waals surface area contributed by atoms with Gasteiger partial charge in [-0.05, 0) is 25.1 Å². The van der Waals surface area contributed by atoms with Crippen LogP contribution in [0.25, 0.3) is 10.4 Å². The Morgan fingerprint density at radius 1 is 1.21 bits per heavy atom. The van der Waals surface area contributed by atoms with E-state index in [1.807, 2.05) is 13.0 Å². The van der Waals surface area contributed by atoms with Crippen molar-refractivity contribution in [3.63, 3.8) is 0 Å². The fourth-order valence-corrected chi connectivity index (χ4v) is 3.43. The average Bonchev–Trinajstić information content (AvgIpc) is 3.11. The quantitative estimate of drug-likeness (QED) is 0.544. The first-order valence-electron chi connectivity index (χ1n) is 8.74. The van der Waals surface area contributed by atoms with Crippen LogP contribution < -0.4 is 24.8 Å². The van der Waals surface area contributed by atoms with Crippen molar-refractivity contribution in [1.82, 2.24) is 20.3 Å². The highest BCUT2D eigenvalue weighted by atomic mass is 32.1. The zero-order valence-electron chi connectivity index (χ0n) is 16.3. The van der Waals surface area contributed by atoms with E-state index in [9.17, 15) is 4.79 Å². The molecule has 152 valence electrons. The van der Waals surface area contributed by atoms with Gasteiger partial charge in [-0.2, -0.15) is 0 Å². The summed E-state index contributed by atoms with van der Waals surface area (Å²) in [5.74, 6) is 1.63. The van der Waals surface area contributed by atoms with Gasteiger partial charge in [0.15, 0.2) is 10.9 Å². The lowest BCUT2D eigenvalue weighted by atomic mass is 10.2. The molecule has 3 aromatic heterocycles. The number of nitrogens with zero attached hydrogens (tertiary/aromatic N) is 3. The van der Waals surface area contributed by atoms with Crippen molar-refractivity contribution in [2.24, 2.45) is 0 Å². The minimum atomic E-state index is -0.353. The largest absolute Gasteiger partial charge is 0.492 e. The predicted molar refractivity (Wildman–Crippen MR) is 110 cm³/mol. The summed E-state index contributed by atoms with van der Waals surface area (Å²) in [4.78, 5) is 25.5. The Kier molecular flexibility index (Phi) is 6.80. The van der Waals surface area contributed by atoms with E-state index in [1.165, 1.54) is 18.4 Å². The van der Waals surface area contributed by atoms with Crippen molar-refractivity contribution >= 4 is 22.5 Å². The predicted octanol–water partition coefficient (Wildman–Crippen LogP) is 3.13. The van der Waals surface area contributed by atoms with E-state index in [4.69, 9.17) is 14.2 Å². The second-order valence-electron chi connectivity index (χ2n) is 5.78. The molecule has 3 aromatic rings. The molecule has 29 heavy (non-hydrogen) atoms. The standard InChI is InChI=1S/C19H21N5O4S/c1-12-16(13-10-15(26-2)17(27-3)22-11-13)29-19(23-12)24-18(25)21-8-9-28-14-4-6-20-7-5-14/h4-7,10-11H,8-9H2,1-3H3,(H2,21,23,24,25). The molecule has 0 radical (unpaired) electrons. The fourth-order valence-electron chi connectivity index (χ4n) is 2.48. The number of hydrogen-bond acceptors (Lipinski definition) is 8. The number of methoxy groups -OCH3 is 2. The molecule has 0 atom stereocenters. The van der Waals surface area contributed by atoms with E-state index in [2.05, 4.69) is 25.6 Å². The second-order valence-corrected chi connectivity index (χ2v) is 6.78. The SMILES string of the molecule is COc1cc(-c2sc(NC(=O)NCCOc3ccncc3)nc2C)cnc1OC. The maximum atomic E-state index is 12.1. The number of hydrogen-bond donors (Lipinski definition) is 2. The van der Waals surface area contributed by atoms with E-state index in [0.29, 0.717) is 35.7 Å². The van der Waals surface area contributed by atoms with Crippen LogP contribution in [0, 0.1) is 6.92 Å². The van der Waals surface area contributed by atoms with Gasteiger partial charge in [-0.1, -0.05) is 11.3 Å². The average molecular weight is 415 g/mol. The smallest absolute Gasteiger partial charge is 0.321 e. The number of thiazole rings is 1. The fraction of sp³-hybridized carbons (Fsp3) is 0.263. The number of pyridine rings is 2. The van der Waals surface area contributed by atoms with Crippen molar-refractivity contribution in [3.05, 3.63) is 42.5 Å². The monoisotopic (exact) mass is 415 g/mol. The summed E-state index contributed by atoms with van der Waals surface area (Å²) in [5, 5.41) is 5.95. The molecule has 3 heterocycles. The summed E-state index contributed by atoms with van der Waals surface area (Å²) in [6.45, 7) is 2.57. The molecule has 0 spiro atoms. The van der Waals surface area contributed by atoms with Crippen molar-refractivity contribution in [1.29, 1.82) is 0 Å². The van der Waals surface area contributed by atoms with E-state index in [-0.39, 0.29) is 6.03 Å². The minimum absolute atomic E-state index is 0.344. The lowest BCUT2D eigenvalue weighted by Crippen LogP contribution is -2.32. The van der Waals surface area contributed by atoms with Gasteiger partial charge in [-0.15, -0.1) is 0 Å². The Bertz CT molecular complexity index is 964. The molecule has 0 aliphatic heterocycles. The third-order valence-electron chi connectivity index (χ3n) is 3.82. The number of carbonyl (C=O) groups excluding carboxylic acids is 1. The molecule has 0 aromatic carbocycles. The number of amides is 2. The first-order valence-corrected chi connectivity index (χ1v) is 9.56. The highest BCUT2D eigenvalue weighted by molar-refractivity contribution is 7.19. The van der Waals surface area contributed by atoms with Gasteiger partial charge in [0.2, 0.25) is 0 Å². The van der Waals surface area contributed by atoms with Crippen molar-refractivity contribution < 1.29 is 19.0 Å². The van der Waals surface area contributed by atoms with Crippen LogP contribution in [-0.4, -0.2) is 48.4 Å². The number of rotatable bonds is 8. The van der Waals surface area contributed by atoms with E-state index < -0.39 is 0 Å². The maximum Gasteiger partial charge on any atom is 0.321 e. The molecule has 0 bridgehead atoms. The van der Waals surface area contributed by atoms with E-state index in [0.717, 1.165) is 16.1 Å². The molecule has 0 aliphatic carbocycles.